The molecule has 0 radical (unpaired) electrons. The van der Waals surface area contributed by atoms with Gasteiger partial charge in [0, 0.05) is 30.9 Å². The van der Waals surface area contributed by atoms with Crippen molar-refractivity contribution in [3.05, 3.63) is 58.3 Å². The van der Waals surface area contributed by atoms with Crippen LogP contribution < -0.4 is 10.3 Å². The van der Waals surface area contributed by atoms with E-state index in [4.69, 9.17) is 13.9 Å². The zero-order chi connectivity index (χ0) is 19.5. The topological polar surface area (TPSA) is 72.1 Å². The number of benzene rings is 2. The average Bonchev–Trinajstić information content (AvgIpc) is 2.75. The van der Waals surface area contributed by atoms with Crippen molar-refractivity contribution in [2.45, 2.75) is 13.5 Å². The maximum atomic E-state index is 12.7. The minimum absolute atomic E-state index is 0.184. The summed E-state index contributed by atoms with van der Waals surface area (Å²) in [6.45, 7) is 6.05. The van der Waals surface area contributed by atoms with E-state index in [9.17, 15) is 9.90 Å². The summed E-state index contributed by atoms with van der Waals surface area (Å²) in [6, 6.07) is 13.0. The summed E-state index contributed by atoms with van der Waals surface area (Å²) in [7, 11) is 0. The molecule has 0 unspecified atom stereocenters. The molecule has 28 heavy (non-hydrogen) atoms. The number of aromatic hydroxyl groups is 1. The SMILES string of the molecule is CCOCc1ccc2oc(-c3ccc(N4CCOCC4)cc3)c(O)c(=O)c2c1. The van der Waals surface area contributed by atoms with E-state index in [2.05, 4.69) is 4.90 Å². The van der Waals surface area contributed by atoms with Crippen molar-refractivity contribution in [2.75, 3.05) is 37.8 Å². The smallest absolute Gasteiger partial charge is 0.235 e. The molecular weight excluding hydrogens is 358 g/mol. The molecule has 3 aromatic rings. The van der Waals surface area contributed by atoms with Gasteiger partial charge in [-0.2, -0.15) is 0 Å². The molecule has 1 N–H and O–H groups in total. The summed E-state index contributed by atoms with van der Waals surface area (Å²) < 4.78 is 16.6. The van der Waals surface area contributed by atoms with Gasteiger partial charge in [0.05, 0.1) is 25.2 Å². The van der Waals surface area contributed by atoms with Gasteiger partial charge in [-0.05, 0) is 48.9 Å². The van der Waals surface area contributed by atoms with Gasteiger partial charge in [-0.25, -0.2) is 0 Å². The van der Waals surface area contributed by atoms with Crippen molar-refractivity contribution in [3.63, 3.8) is 0 Å². The van der Waals surface area contributed by atoms with Crippen molar-refractivity contribution >= 4 is 16.7 Å². The largest absolute Gasteiger partial charge is 0.502 e. The molecule has 0 amide bonds. The minimum Gasteiger partial charge on any atom is -0.502 e. The van der Waals surface area contributed by atoms with Crippen LogP contribution in [0.25, 0.3) is 22.3 Å². The van der Waals surface area contributed by atoms with Crippen LogP contribution in [0.3, 0.4) is 0 Å². The molecule has 0 atom stereocenters. The van der Waals surface area contributed by atoms with Crippen LogP contribution in [0.5, 0.6) is 5.75 Å². The maximum absolute atomic E-state index is 12.7. The van der Waals surface area contributed by atoms with E-state index >= 15 is 0 Å². The third kappa shape index (κ3) is 3.61. The summed E-state index contributed by atoms with van der Waals surface area (Å²) >= 11 is 0. The Balaban J connectivity index is 1.68. The molecule has 2 heterocycles. The van der Waals surface area contributed by atoms with Gasteiger partial charge in [-0.15, -0.1) is 0 Å². The molecule has 1 fully saturated rings. The number of anilines is 1. The Hall–Kier alpha value is -2.83. The molecule has 0 saturated carbocycles. The summed E-state index contributed by atoms with van der Waals surface area (Å²) in [5.74, 6) is -0.191. The van der Waals surface area contributed by atoms with Gasteiger partial charge in [0.2, 0.25) is 11.2 Å². The number of fused-ring (bicyclic) bond motifs is 1. The first-order chi connectivity index (χ1) is 13.7. The molecule has 0 aliphatic carbocycles. The first kappa shape index (κ1) is 18.5. The fraction of sp³-hybridized carbons (Fsp3) is 0.318. The van der Waals surface area contributed by atoms with Crippen LogP contribution in [0.2, 0.25) is 0 Å². The predicted molar refractivity (Wildman–Crippen MR) is 108 cm³/mol. The summed E-state index contributed by atoms with van der Waals surface area (Å²) in [4.78, 5) is 14.9. The minimum atomic E-state index is -0.438. The van der Waals surface area contributed by atoms with Crippen LogP contribution >= 0.6 is 0 Å². The lowest BCUT2D eigenvalue weighted by Crippen LogP contribution is -2.36. The lowest BCUT2D eigenvalue weighted by molar-refractivity contribution is 0.122. The van der Waals surface area contributed by atoms with Gasteiger partial charge in [0.15, 0.2) is 5.76 Å². The quantitative estimate of drug-likeness (QED) is 0.729. The average molecular weight is 381 g/mol. The van der Waals surface area contributed by atoms with Gasteiger partial charge in [-0.3, -0.25) is 4.79 Å². The van der Waals surface area contributed by atoms with Gasteiger partial charge in [0.25, 0.3) is 0 Å². The molecule has 0 spiro atoms. The number of morpholine rings is 1. The Morgan fingerprint density at radius 3 is 2.57 bits per heavy atom. The first-order valence-electron chi connectivity index (χ1n) is 9.47. The molecule has 1 aliphatic rings. The van der Waals surface area contributed by atoms with Crippen molar-refractivity contribution in [1.82, 2.24) is 0 Å². The highest BCUT2D eigenvalue weighted by Crippen LogP contribution is 2.31. The molecule has 1 aliphatic heterocycles. The van der Waals surface area contributed by atoms with Crippen molar-refractivity contribution in [2.24, 2.45) is 0 Å². The summed E-state index contributed by atoms with van der Waals surface area (Å²) in [5.41, 5.74) is 2.60. The highest BCUT2D eigenvalue weighted by atomic mass is 16.5. The lowest BCUT2D eigenvalue weighted by atomic mass is 10.1. The Bertz CT molecular complexity index is 1020. The Morgan fingerprint density at radius 2 is 1.86 bits per heavy atom. The zero-order valence-electron chi connectivity index (χ0n) is 15.8. The molecule has 6 heteroatoms. The fourth-order valence-electron chi connectivity index (χ4n) is 3.38. The molecular formula is C22H23NO5. The van der Waals surface area contributed by atoms with Gasteiger partial charge < -0.3 is 23.9 Å². The number of hydrogen-bond donors (Lipinski definition) is 1. The Morgan fingerprint density at radius 1 is 1.11 bits per heavy atom. The fourth-order valence-corrected chi connectivity index (χ4v) is 3.38. The van der Waals surface area contributed by atoms with Crippen molar-refractivity contribution in [3.8, 4) is 17.1 Å². The highest BCUT2D eigenvalue weighted by Gasteiger charge is 2.17. The molecule has 1 aromatic heterocycles. The zero-order valence-corrected chi connectivity index (χ0v) is 15.8. The summed E-state index contributed by atoms with van der Waals surface area (Å²) in [5, 5.41) is 10.8. The van der Waals surface area contributed by atoms with E-state index in [0.717, 1.165) is 24.3 Å². The highest BCUT2D eigenvalue weighted by molar-refractivity contribution is 5.82. The van der Waals surface area contributed by atoms with Crippen LogP contribution in [-0.2, 0) is 16.1 Å². The third-order valence-corrected chi connectivity index (χ3v) is 4.91. The molecule has 6 nitrogen and oxygen atoms in total. The number of nitrogens with zero attached hydrogens (tertiary/aromatic N) is 1. The van der Waals surface area contributed by atoms with Gasteiger partial charge in [-0.1, -0.05) is 6.07 Å². The second-order valence-corrected chi connectivity index (χ2v) is 6.72. The second-order valence-electron chi connectivity index (χ2n) is 6.72. The number of rotatable bonds is 5. The molecule has 1 saturated heterocycles. The van der Waals surface area contributed by atoms with Crippen LogP contribution in [0.1, 0.15) is 12.5 Å². The number of ether oxygens (including phenoxy) is 2. The van der Waals surface area contributed by atoms with Crippen LogP contribution in [0.4, 0.5) is 5.69 Å². The summed E-state index contributed by atoms with van der Waals surface area (Å²) in [6.07, 6.45) is 0. The maximum Gasteiger partial charge on any atom is 0.235 e. The predicted octanol–water partition coefficient (Wildman–Crippen LogP) is 3.54. The van der Waals surface area contributed by atoms with E-state index in [1.165, 1.54) is 0 Å². The van der Waals surface area contributed by atoms with E-state index in [-0.39, 0.29) is 11.5 Å². The Kier molecular flexibility index (Phi) is 5.32. The molecule has 146 valence electrons. The molecule has 4 rings (SSSR count). The van der Waals surface area contributed by atoms with E-state index in [0.29, 0.717) is 43.0 Å². The van der Waals surface area contributed by atoms with Gasteiger partial charge >= 0.3 is 0 Å². The van der Waals surface area contributed by atoms with E-state index in [1.54, 1.807) is 12.1 Å². The Labute approximate surface area is 162 Å². The van der Waals surface area contributed by atoms with Crippen LogP contribution in [0.15, 0.2) is 51.7 Å². The first-order valence-corrected chi connectivity index (χ1v) is 9.47. The molecule has 0 bridgehead atoms. The van der Waals surface area contributed by atoms with Crippen molar-refractivity contribution < 1.29 is 19.0 Å². The number of hydrogen-bond acceptors (Lipinski definition) is 6. The van der Waals surface area contributed by atoms with Crippen LogP contribution in [0, 0.1) is 0 Å². The normalized spacial score (nSPS) is 14.5. The molecule has 2 aromatic carbocycles. The lowest BCUT2D eigenvalue weighted by Gasteiger charge is -2.28. The van der Waals surface area contributed by atoms with Gasteiger partial charge in [0.1, 0.15) is 5.58 Å². The second kappa shape index (κ2) is 8.04. The van der Waals surface area contributed by atoms with Crippen molar-refractivity contribution in [1.29, 1.82) is 0 Å². The third-order valence-electron chi connectivity index (χ3n) is 4.91. The van der Waals surface area contributed by atoms with E-state index < -0.39 is 5.43 Å². The standard InChI is InChI=1S/C22H23NO5/c1-2-26-14-15-3-8-19-18(13-15)20(24)21(25)22(28-19)16-4-6-17(7-5-16)23-9-11-27-12-10-23/h3-8,13,25H,2,9-12,14H2,1H3. The monoisotopic (exact) mass is 381 g/mol. The van der Waals surface area contributed by atoms with Crippen LogP contribution in [-0.4, -0.2) is 38.0 Å². The van der Waals surface area contributed by atoms with E-state index in [1.807, 2.05) is 37.3 Å².